The quantitative estimate of drug-likeness (QED) is 0.390. The van der Waals surface area contributed by atoms with Gasteiger partial charge in [-0.1, -0.05) is 67.6 Å². The molecule has 0 saturated carbocycles. The largest absolute Gasteiger partial charge is 0.334 e. The van der Waals surface area contributed by atoms with Crippen LogP contribution in [-0.4, -0.2) is 51.0 Å². The molecule has 0 radical (unpaired) electrons. The number of hydrazone groups is 1. The van der Waals surface area contributed by atoms with Gasteiger partial charge in [0.1, 0.15) is 5.71 Å². The van der Waals surface area contributed by atoms with Gasteiger partial charge >= 0.3 is 5.91 Å². The summed E-state index contributed by atoms with van der Waals surface area (Å²) < 4.78 is 26.3. The van der Waals surface area contributed by atoms with Crippen molar-refractivity contribution in [1.29, 1.82) is 0 Å². The van der Waals surface area contributed by atoms with E-state index in [-0.39, 0.29) is 13.1 Å². The molecule has 1 heterocycles. The number of amides is 2. The molecule has 1 aliphatic heterocycles. The highest BCUT2D eigenvalue weighted by atomic mass is 32.2. The molecule has 9 nitrogen and oxygen atoms in total. The van der Waals surface area contributed by atoms with Gasteiger partial charge in [-0.3, -0.25) is 9.59 Å². The lowest BCUT2D eigenvalue weighted by molar-refractivity contribution is -0.127. The van der Waals surface area contributed by atoms with E-state index >= 15 is 0 Å². The van der Waals surface area contributed by atoms with Gasteiger partial charge in [-0.25, -0.2) is 13.1 Å². The molecule has 0 bridgehead atoms. The van der Waals surface area contributed by atoms with E-state index in [4.69, 9.17) is 5.10 Å². The lowest BCUT2D eigenvalue weighted by Crippen LogP contribution is -2.70. The topological polar surface area (TPSA) is 111 Å². The zero-order valence-electron chi connectivity index (χ0n) is 21.6. The first-order chi connectivity index (χ1) is 18.2. The van der Waals surface area contributed by atoms with E-state index in [0.29, 0.717) is 22.6 Å². The molecular weight excluding hydrogens is 502 g/mol. The van der Waals surface area contributed by atoms with Crippen LogP contribution in [0.2, 0.25) is 0 Å². The number of nitrogens with zero attached hydrogens (tertiary/aromatic N) is 3. The molecular formula is C28H31N5O4S. The van der Waals surface area contributed by atoms with Crippen LogP contribution in [0.25, 0.3) is 0 Å². The molecule has 1 unspecified atom stereocenters. The number of sulfonamides is 1. The number of hydrogen-bond donors (Lipinski definition) is 2. The van der Waals surface area contributed by atoms with Crippen LogP contribution in [0.5, 0.6) is 0 Å². The Morgan fingerprint density at radius 3 is 2.13 bits per heavy atom. The SMILES string of the molecule is CCc1ccc(N(CCNS(C)(=O)=O)C2(NC(C)=O)C(=O)N(c3ccccc3)N=C2c2ccccc2)cc1. The highest BCUT2D eigenvalue weighted by molar-refractivity contribution is 7.88. The fourth-order valence-electron chi connectivity index (χ4n) is 4.50. The second-order valence-electron chi connectivity index (χ2n) is 9.00. The van der Waals surface area contributed by atoms with Crippen molar-refractivity contribution in [3.63, 3.8) is 0 Å². The highest BCUT2D eigenvalue weighted by Crippen LogP contribution is 2.35. The standard InChI is InChI=1S/C28H31N5O4S/c1-4-22-15-17-24(18-16-22)32(20-19-29-38(3,36)37)28(30-21(2)34)26(23-11-7-5-8-12-23)31-33(27(28)35)25-13-9-6-10-14-25/h5-18,29H,4,19-20H2,1-3H3,(H,30,34). The Morgan fingerprint density at radius 2 is 1.58 bits per heavy atom. The van der Waals surface area contributed by atoms with E-state index in [1.165, 1.54) is 11.9 Å². The van der Waals surface area contributed by atoms with Crippen molar-refractivity contribution in [2.75, 3.05) is 29.3 Å². The average molecular weight is 534 g/mol. The molecule has 38 heavy (non-hydrogen) atoms. The van der Waals surface area contributed by atoms with Crippen molar-refractivity contribution < 1.29 is 18.0 Å². The second kappa shape index (κ2) is 11.2. The summed E-state index contributed by atoms with van der Waals surface area (Å²) in [6.07, 6.45) is 1.90. The number of rotatable bonds is 10. The molecule has 0 saturated heterocycles. The van der Waals surface area contributed by atoms with Gasteiger partial charge in [-0.15, -0.1) is 0 Å². The molecule has 3 aromatic rings. The zero-order chi connectivity index (χ0) is 27.3. The molecule has 198 valence electrons. The van der Waals surface area contributed by atoms with Gasteiger partial charge in [-0.05, 0) is 36.2 Å². The predicted molar refractivity (Wildman–Crippen MR) is 149 cm³/mol. The van der Waals surface area contributed by atoms with Crippen molar-refractivity contribution in [2.24, 2.45) is 5.10 Å². The molecule has 2 N–H and O–H groups in total. The van der Waals surface area contributed by atoms with Gasteiger partial charge in [0, 0.05) is 31.3 Å². The summed E-state index contributed by atoms with van der Waals surface area (Å²) in [7, 11) is -3.50. The van der Waals surface area contributed by atoms with E-state index in [1.54, 1.807) is 29.2 Å². The summed E-state index contributed by atoms with van der Waals surface area (Å²) in [6, 6.07) is 25.8. The van der Waals surface area contributed by atoms with E-state index in [9.17, 15) is 18.0 Å². The molecule has 0 aromatic heterocycles. The van der Waals surface area contributed by atoms with Crippen molar-refractivity contribution in [2.45, 2.75) is 25.9 Å². The van der Waals surface area contributed by atoms with Gasteiger partial charge < -0.3 is 10.2 Å². The average Bonchev–Trinajstić information content (AvgIpc) is 3.19. The number of benzene rings is 3. The fraction of sp³-hybridized carbons (Fsp3) is 0.250. The van der Waals surface area contributed by atoms with Crippen LogP contribution in [0.1, 0.15) is 25.0 Å². The van der Waals surface area contributed by atoms with Gasteiger partial charge in [0.15, 0.2) is 0 Å². The first-order valence-electron chi connectivity index (χ1n) is 12.3. The van der Waals surface area contributed by atoms with E-state index in [0.717, 1.165) is 18.2 Å². The van der Waals surface area contributed by atoms with Crippen LogP contribution < -0.4 is 19.9 Å². The fourth-order valence-corrected chi connectivity index (χ4v) is 4.96. The van der Waals surface area contributed by atoms with Crippen molar-refractivity contribution >= 4 is 38.9 Å². The third kappa shape index (κ3) is 5.61. The van der Waals surface area contributed by atoms with Gasteiger partial charge in [-0.2, -0.15) is 10.1 Å². The third-order valence-corrected chi connectivity index (χ3v) is 6.94. The van der Waals surface area contributed by atoms with Crippen molar-refractivity contribution in [1.82, 2.24) is 10.0 Å². The lowest BCUT2D eigenvalue weighted by Gasteiger charge is -2.42. The minimum atomic E-state index is -3.50. The number of carbonyl (C=O) groups is 2. The number of carbonyl (C=O) groups excluding carboxylic acids is 2. The molecule has 0 fully saturated rings. The molecule has 1 atom stereocenters. The van der Waals surface area contributed by atoms with E-state index in [2.05, 4.69) is 10.0 Å². The summed E-state index contributed by atoms with van der Waals surface area (Å²) in [5.74, 6) is -0.931. The molecule has 10 heteroatoms. The Hall–Kier alpha value is -4.02. The van der Waals surface area contributed by atoms with Gasteiger partial charge in [0.25, 0.3) is 0 Å². The first-order valence-corrected chi connectivity index (χ1v) is 14.2. The van der Waals surface area contributed by atoms with Gasteiger partial charge in [0.2, 0.25) is 21.6 Å². The summed E-state index contributed by atoms with van der Waals surface area (Å²) in [5, 5.41) is 8.96. The molecule has 1 aliphatic rings. The second-order valence-corrected chi connectivity index (χ2v) is 10.8. The minimum absolute atomic E-state index is 0.00359. The van der Waals surface area contributed by atoms with Crippen LogP contribution in [0, 0.1) is 0 Å². The smallest absolute Gasteiger partial charge is 0.300 e. The number of para-hydroxylation sites is 1. The number of anilines is 2. The van der Waals surface area contributed by atoms with Crippen molar-refractivity contribution in [3.05, 3.63) is 96.1 Å². The summed E-state index contributed by atoms with van der Waals surface area (Å²) in [6.45, 7) is 3.45. The first kappa shape index (κ1) is 27.0. The minimum Gasteiger partial charge on any atom is -0.334 e. The predicted octanol–water partition coefficient (Wildman–Crippen LogP) is 2.89. The molecule has 2 amide bonds. The summed E-state index contributed by atoms with van der Waals surface area (Å²) in [4.78, 5) is 28.9. The maximum absolute atomic E-state index is 14.5. The number of nitrogens with one attached hydrogen (secondary N) is 2. The molecule has 4 rings (SSSR count). The van der Waals surface area contributed by atoms with Crippen LogP contribution in [0.15, 0.2) is 90.0 Å². The number of aryl methyl sites for hydroxylation is 1. The Morgan fingerprint density at radius 1 is 0.974 bits per heavy atom. The maximum atomic E-state index is 14.5. The van der Waals surface area contributed by atoms with E-state index in [1.807, 2.05) is 67.6 Å². The lowest BCUT2D eigenvalue weighted by atomic mass is 9.93. The Kier molecular flexibility index (Phi) is 7.94. The highest BCUT2D eigenvalue weighted by Gasteiger charge is 2.57. The monoisotopic (exact) mass is 533 g/mol. The van der Waals surface area contributed by atoms with E-state index < -0.39 is 27.5 Å². The summed E-state index contributed by atoms with van der Waals surface area (Å²) in [5.41, 5.74) is 1.46. The molecule has 3 aromatic carbocycles. The normalized spacial score (nSPS) is 17.3. The molecule has 0 spiro atoms. The van der Waals surface area contributed by atoms with Crippen LogP contribution >= 0.6 is 0 Å². The van der Waals surface area contributed by atoms with Gasteiger partial charge in [0.05, 0.1) is 11.9 Å². The number of hydrogen-bond acceptors (Lipinski definition) is 6. The maximum Gasteiger partial charge on any atom is 0.300 e. The van der Waals surface area contributed by atoms with Crippen LogP contribution in [-0.2, 0) is 26.0 Å². The third-order valence-electron chi connectivity index (χ3n) is 6.21. The van der Waals surface area contributed by atoms with Crippen LogP contribution in [0.4, 0.5) is 11.4 Å². The van der Waals surface area contributed by atoms with Crippen molar-refractivity contribution in [3.8, 4) is 0 Å². The Balaban J connectivity index is 1.95. The Labute approximate surface area is 223 Å². The summed E-state index contributed by atoms with van der Waals surface area (Å²) >= 11 is 0. The Bertz CT molecular complexity index is 1430. The van der Waals surface area contributed by atoms with Crippen LogP contribution in [0.3, 0.4) is 0 Å². The zero-order valence-corrected chi connectivity index (χ0v) is 22.4. The molecule has 0 aliphatic carbocycles.